The Kier molecular flexibility index (Phi) is 43.2. The fourth-order valence-corrected chi connectivity index (χ4v) is 7.47. The van der Waals surface area contributed by atoms with Crippen molar-refractivity contribution in [2.24, 2.45) is 0 Å². The van der Waals surface area contributed by atoms with Crippen LogP contribution in [0, 0.1) is 0 Å². The second-order valence-corrected chi connectivity index (χ2v) is 18.8. The summed E-state index contributed by atoms with van der Waals surface area (Å²) in [5, 5.41) is 11.7. The molecular weight excluding hydrogens is 767 g/mol. The highest BCUT2D eigenvalue weighted by Crippen LogP contribution is 2.16. The van der Waals surface area contributed by atoms with Crippen molar-refractivity contribution in [3.63, 3.8) is 0 Å². The van der Waals surface area contributed by atoms with E-state index in [-0.39, 0.29) is 32.2 Å². The number of nitrogens with zero attached hydrogens (tertiary/aromatic N) is 1. The zero-order valence-corrected chi connectivity index (χ0v) is 40.8. The number of quaternary nitrogens is 1. The van der Waals surface area contributed by atoms with Crippen molar-refractivity contribution in [1.29, 1.82) is 0 Å². The molecule has 0 saturated heterocycles. The van der Waals surface area contributed by atoms with Crippen LogP contribution in [0.15, 0.2) is 12.2 Å². The van der Waals surface area contributed by atoms with Gasteiger partial charge >= 0.3 is 11.9 Å². The van der Waals surface area contributed by atoms with Crippen LogP contribution in [0.4, 0.5) is 0 Å². The summed E-state index contributed by atoms with van der Waals surface area (Å²) in [6.45, 7) is 4.77. The average Bonchev–Trinajstić information content (AvgIpc) is 3.22. The van der Waals surface area contributed by atoms with E-state index >= 15 is 0 Å². The number of aliphatic carboxylic acids is 1. The summed E-state index contributed by atoms with van der Waals surface area (Å²) in [5.74, 6) is -2.27. The van der Waals surface area contributed by atoms with Crippen molar-refractivity contribution in [2.45, 2.75) is 257 Å². The number of unbranched alkanes of at least 4 members (excludes halogenated alkanes) is 31. The molecular formula is C52H99NO8. The molecule has 0 aliphatic heterocycles. The van der Waals surface area contributed by atoms with Crippen molar-refractivity contribution < 1.29 is 42.9 Å². The lowest BCUT2D eigenvalue weighted by molar-refractivity contribution is -0.870. The van der Waals surface area contributed by atoms with Gasteiger partial charge in [-0.1, -0.05) is 206 Å². The fourth-order valence-electron chi connectivity index (χ4n) is 7.47. The Hall–Kier alpha value is -1.97. The van der Waals surface area contributed by atoms with Crippen LogP contribution in [-0.4, -0.2) is 82.3 Å². The largest absolute Gasteiger partial charge is 0.545 e. The highest BCUT2D eigenvalue weighted by Gasteiger charge is 2.22. The van der Waals surface area contributed by atoms with Gasteiger partial charge in [0.1, 0.15) is 13.2 Å². The van der Waals surface area contributed by atoms with E-state index in [9.17, 15) is 19.5 Å². The van der Waals surface area contributed by atoms with Crippen molar-refractivity contribution in [1.82, 2.24) is 0 Å². The number of carboxylic acids is 1. The smallest absolute Gasteiger partial charge is 0.306 e. The molecule has 0 radical (unpaired) electrons. The number of rotatable bonds is 48. The van der Waals surface area contributed by atoms with Crippen LogP contribution in [0.3, 0.4) is 0 Å². The Labute approximate surface area is 376 Å². The van der Waals surface area contributed by atoms with Gasteiger partial charge in [0.05, 0.1) is 40.3 Å². The molecule has 0 rings (SSSR count). The number of allylic oxidation sites excluding steroid dienone is 2. The topological polar surface area (TPSA) is 111 Å². The molecule has 0 spiro atoms. The molecule has 9 nitrogen and oxygen atoms in total. The first-order valence-corrected chi connectivity index (χ1v) is 25.8. The fraction of sp³-hybridized carbons (Fsp3) is 0.904. The van der Waals surface area contributed by atoms with E-state index in [1.165, 1.54) is 180 Å². The minimum Gasteiger partial charge on any atom is -0.545 e. The third-order valence-corrected chi connectivity index (χ3v) is 11.5. The van der Waals surface area contributed by atoms with Gasteiger partial charge in [-0.05, 0) is 38.5 Å². The molecule has 0 aromatic rings. The lowest BCUT2D eigenvalue weighted by Gasteiger charge is -2.26. The maximum absolute atomic E-state index is 12.8. The summed E-state index contributed by atoms with van der Waals surface area (Å²) >= 11 is 0. The molecule has 0 fully saturated rings. The number of carbonyl (C=O) groups excluding carboxylic acids is 3. The first-order chi connectivity index (χ1) is 29.6. The molecule has 0 amide bonds. The number of likely N-dealkylation sites (N-methyl/N-ethyl adjacent to an activating group) is 1. The van der Waals surface area contributed by atoms with Crippen molar-refractivity contribution in [2.75, 3.05) is 47.5 Å². The number of hydrogen-bond donors (Lipinski definition) is 0. The molecule has 2 unspecified atom stereocenters. The quantitative estimate of drug-likeness (QED) is 0.0195. The van der Waals surface area contributed by atoms with E-state index in [0.717, 1.165) is 32.1 Å². The normalized spacial score (nSPS) is 12.9. The molecule has 0 N–H and O–H groups in total. The molecule has 0 aliphatic rings. The van der Waals surface area contributed by atoms with E-state index in [1.54, 1.807) is 0 Å². The van der Waals surface area contributed by atoms with Gasteiger partial charge in [-0.25, -0.2) is 0 Å². The maximum Gasteiger partial charge on any atom is 0.306 e. The van der Waals surface area contributed by atoms with E-state index < -0.39 is 24.3 Å². The Morgan fingerprint density at radius 2 is 0.836 bits per heavy atom. The van der Waals surface area contributed by atoms with E-state index in [2.05, 4.69) is 26.0 Å². The highest BCUT2D eigenvalue weighted by molar-refractivity contribution is 5.70. The van der Waals surface area contributed by atoms with Gasteiger partial charge in [-0.15, -0.1) is 0 Å². The summed E-state index contributed by atoms with van der Waals surface area (Å²) in [7, 11) is 5.92. The first kappa shape index (κ1) is 59.0. The third kappa shape index (κ3) is 45.9. The Morgan fingerprint density at radius 3 is 1.21 bits per heavy atom. The zero-order chi connectivity index (χ0) is 44.9. The molecule has 0 aromatic heterocycles. The minimum absolute atomic E-state index is 0.151. The molecule has 0 aliphatic carbocycles. The van der Waals surface area contributed by atoms with Crippen molar-refractivity contribution in [3.05, 3.63) is 12.2 Å². The number of esters is 2. The lowest BCUT2D eigenvalue weighted by atomic mass is 10.0. The predicted octanol–water partition coefficient (Wildman–Crippen LogP) is 12.9. The van der Waals surface area contributed by atoms with E-state index in [4.69, 9.17) is 18.9 Å². The van der Waals surface area contributed by atoms with Gasteiger partial charge in [0.2, 0.25) is 0 Å². The van der Waals surface area contributed by atoms with Crippen LogP contribution < -0.4 is 5.11 Å². The Balaban J connectivity index is 4.26. The summed E-state index contributed by atoms with van der Waals surface area (Å²) < 4.78 is 22.6. The molecule has 0 aromatic carbocycles. The minimum atomic E-state index is -1.62. The number of hydrogen-bond acceptors (Lipinski definition) is 8. The zero-order valence-electron chi connectivity index (χ0n) is 40.8. The van der Waals surface area contributed by atoms with Gasteiger partial charge in [0, 0.05) is 12.8 Å². The van der Waals surface area contributed by atoms with E-state index in [1.807, 2.05) is 21.1 Å². The molecule has 9 heteroatoms. The molecule has 360 valence electrons. The van der Waals surface area contributed by atoms with Gasteiger partial charge in [0.25, 0.3) is 0 Å². The van der Waals surface area contributed by atoms with Crippen molar-refractivity contribution >= 4 is 17.9 Å². The first-order valence-electron chi connectivity index (χ1n) is 25.8. The van der Waals surface area contributed by atoms with Crippen LogP contribution in [0.5, 0.6) is 0 Å². The molecule has 2 atom stereocenters. The molecule has 0 saturated carbocycles. The lowest BCUT2D eigenvalue weighted by Crippen LogP contribution is -2.44. The van der Waals surface area contributed by atoms with Crippen LogP contribution in [-0.2, 0) is 33.3 Å². The van der Waals surface area contributed by atoms with Crippen LogP contribution in [0.25, 0.3) is 0 Å². The maximum atomic E-state index is 12.8. The molecule has 0 bridgehead atoms. The monoisotopic (exact) mass is 866 g/mol. The molecule has 0 heterocycles. The summed E-state index contributed by atoms with van der Waals surface area (Å²) in [6.07, 6.45) is 45.3. The van der Waals surface area contributed by atoms with E-state index in [0.29, 0.717) is 23.9 Å². The Bertz CT molecular complexity index is 1010. The van der Waals surface area contributed by atoms with Crippen LogP contribution in [0.2, 0.25) is 0 Å². The molecule has 61 heavy (non-hydrogen) atoms. The predicted molar refractivity (Wildman–Crippen MR) is 251 cm³/mol. The second-order valence-electron chi connectivity index (χ2n) is 18.8. The van der Waals surface area contributed by atoms with Gasteiger partial charge in [0.15, 0.2) is 12.4 Å². The Morgan fingerprint density at radius 1 is 0.475 bits per heavy atom. The number of carbonyl (C=O) groups is 3. The SMILES string of the molecule is CCCCCCCCCC/C=C\CCCCCCCCCCCCCC(=O)OC(COC(=O)CCCCCCCCCCCCCCC)COC(OCC[N+](C)(C)C)C(=O)[O-]. The standard InChI is InChI=1S/C52H99NO8/c1-6-8-10-12-14-16-18-20-21-22-23-24-25-26-27-28-29-31-33-35-37-39-41-43-50(55)61-48(47-60-52(51(56)57)58-45-44-53(3,4)5)46-59-49(54)42-40-38-36-34-32-30-19-17-15-13-11-9-7-2/h22-23,48,52H,6-21,24-47H2,1-5H3/b23-22-. The number of carboxylic acid groups (broad SMARTS) is 1. The summed E-state index contributed by atoms with van der Waals surface area (Å²) in [4.78, 5) is 37.1. The van der Waals surface area contributed by atoms with Gasteiger partial charge < -0.3 is 33.3 Å². The second kappa shape index (κ2) is 44.6. The summed E-state index contributed by atoms with van der Waals surface area (Å²) in [5.41, 5.74) is 0. The van der Waals surface area contributed by atoms with Crippen molar-refractivity contribution in [3.8, 4) is 0 Å². The summed E-state index contributed by atoms with van der Waals surface area (Å²) in [6, 6.07) is 0. The third-order valence-electron chi connectivity index (χ3n) is 11.5. The number of ether oxygens (including phenoxy) is 4. The highest BCUT2D eigenvalue weighted by atomic mass is 16.7. The van der Waals surface area contributed by atoms with Gasteiger partial charge in [-0.2, -0.15) is 0 Å². The van der Waals surface area contributed by atoms with Gasteiger partial charge in [-0.3, -0.25) is 9.59 Å². The average molecular weight is 866 g/mol. The van der Waals surface area contributed by atoms with Crippen LogP contribution >= 0.6 is 0 Å². The van der Waals surface area contributed by atoms with Crippen LogP contribution in [0.1, 0.15) is 245 Å².